The molecule has 1 aliphatic rings. The van der Waals surface area contributed by atoms with Crippen molar-refractivity contribution >= 4 is 23.3 Å². The highest BCUT2D eigenvalue weighted by molar-refractivity contribution is 6.30. The maximum atomic E-state index is 12.3. The Labute approximate surface area is 125 Å². The Balaban J connectivity index is 1.91. The molecule has 1 aromatic rings. The van der Waals surface area contributed by atoms with Crippen molar-refractivity contribution in [3.8, 4) is 0 Å². The molecule has 2 rings (SSSR count). The number of amides is 2. The van der Waals surface area contributed by atoms with E-state index in [0.717, 1.165) is 31.7 Å². The zero-order chi connectivity index (χ0) is 14.5. The third-order valence-electron chi connectivity index (χ3n) is 3.37. The first kappa shape index (κ1) is 15.1. The summed E-state index contributed by atoms with van der Waals surface area (Å²) in [7, 11) is 0. The molecular formula is C15H22ClN3O. The van der Waals surface area contributed by atoms with Gasteiger partial charge in [-0.05, 0) is 30.5 Å². The number of nitrogens with zero attached hydrogens (tertiary/aromatic N) is 1. The Morgan fingerprint density at radius 1 is 1.55 bits per heavy atom. The minimum Gasteiger partial charge on any atom is -0.322 e. The molecule has 0 aromatic heterocycles. The molecule has 20 heavy (non-hydrogen) atoms. The Kier molecular flexibility index (Phi) is 5.26. The topological polar surface area (TPSA) is 44.4 Å². The zero-order valence-corrected chi connectivity index (χ0v) is 12.8. The minimum atomic E-state index is -0.0532. The molecule has 1 saturated heterocycles. The molecule has 5 heteroatoms. The van der Waals surface area contributed by atoms with Crippen LogP contribution in [0.3, 0.4) is 0 Å². The maximum Gasteiger partial charge on any atom is 0.321 e. The van der Waals surface area contributed by atoms with Gasteiger partial charge < -0.3 is 15.5 Å². The lowest BCUT2D eigenvalue weighted by atomic mass is 10.0. The van der Waals surface area contributed by atoms with Crippen LogP contribution in [0.4, 0.5) is 10.5 Å². The van der Waals surface area contributed by atoms with Gasteiger partial charge in [-0.25, -0.2) is 4.79 Å². The van der Waals surface area contributed by atoms with Crippen molar-refractivity contribution < 1.29 is 4.79 Å². The van der Waals surface area contributed by atoms with Gasteiger partial charge in [-0.2, -0.15) is 0 Å². The van der Waals surface area contributed by atoms with Gasteiger partial charge in [-0.1, -0.05) is 31.5 Å². The maximum absolute atomic E-state index is 12.3. The number of hydrogen-bond donors (Lipinski definition) is 2. The fourth-order valence-electron chi connectivity index (χ4n) is 2.51. The summed E-state index contributed by atoms with van der Waals surface area (Å²) in [6.45, 7) is 6.74. The molecule has 1 fully saturated rings. The van der Waals surface area contributed by atoms with E-state index in [4.69, 9.17) is 11.6 Å². The second-order valence-corrected chi connectivity index (χ2v) is 6.10. The molecule has 1 aliphatic heterocycles. The first-order valence-corrected chi connectivity index (χ1v) is 7.47. The highest BCUT2D eigenvalue weighted by Gasteiger charge is 2.23. The summed E-state index contributed by atoms with van der Waals surface area (Å²) in [5.74, 6) is 0.628. The Morgan fingerprint density at radius 2 is 2.35 bits per heavy atom. The van der Waals surface area contributed by atoms with Gasteiger partial charge in [0.2, 0.25) is 0 Å². The minimum absolute atomic E-state index is 0.0532. The number of rotatable bonds is 3. The molecule has 1 atom stereocenters. The SMILES string of the molecule is CC(C)CC1CN(C(=O)Nc2cccc(Cl)c2)CCN1. The van der Waals surface area contributed by atoms with Crippen LogP contribution in [0.15, 0.2) is 24.3 Å². The first-order chi connectivity index (χ1) is 9.54. The summed E-state index contributed by atoms with van der Waals surface area (Å²) in [5, 5.41) is 6.99. The molecule has 1 heterocycles. The number of carbonyl (C=O) groups is 1. The number of halogens is 1. The predicted molar refractivity (Wildman–Crippen MR) is 83.3 cm³/mol. The van der Waals surface area contributed by atoms with Gasteiger partial charge in [0.25, 0.3) is 0 Å². The fraction of sp³-hybridized carbons (Fsp3) is 0.533. The lowest BCUT2D eigenvalue weighted by Gasteiger charge is -2.34. The molecule has 1 unspecified atom stereocenters. The van der Waals surface area contributed by atoms with Crippen LogP contribution in [0.2, 0.25) is 5.02 Å². The van der Waals surface area contributed by atoms with Gasteiger partial charge in [0, 0.05) is 36.4 Å². The molecule has 2 amide bonds. The summed E-state index contributed by atoms with van der Waals surface area (Å²) >= 11 is 5.92. The van der Waals surface area contributed by atoms with Gasteiger partial charge in [0.05, 0.1) is 0 Å². The van der Waals surface area contributed by atoms with Crippen molar-refractivity contribution in [3.63, 3.8) is 0 Å². The number of piperazine rings is 1. The van der Waals surface area contributed by atoms with Gasteiger partial charge in [-0.3, -0.25) is 0 Å². The van der Waals surface area contributed by atoms with E-state index in [0.29, 0.717) is 17.0 Å². The zero-order valence-electron chi connectivity index (χ0n) is 12.0. The normalized spacial score (nSPS) is 19.2. The van der Waals surface area contributed by atoms with Gasteiger partial charge in [0.1, 0.15) is 0 Å². The third kappa shape index (κ3) is 4.39. The average molecular weight is 296 g/mol. The number of nitrogens with one attached hydrogen (secondary N) is 2. The standard InChI is InChI=1S/C15H22ClN3O/c1-11(2)8-14-10-19(7-6-17-14)15(20)18-13-5-3-4-12(16)9-13/h3-5,9,11,14,17H,6-8,10H2,1-2H3,(H,18,20). The lowest BCUT2D eigenvalue weighted by molar-refractivity contribution is 0.183. The van der Waals surface area contributed by atoms with Crippen LogP contribution in [0.25, 0.3) is 0 Å². The molecular weight excluding hydrogens is 274 g/mol. The van der Waals surface area contributed by atoms with E-state index < -0.39 is 0 Å². The first-order valence-electron chi connectivity index (χ1n) is 7.09. The smallest absolute Gasteiger partial charge is 0.321 e. The van der Waals surface area contributed by atoms with Gasteiger partial charge in [-0.15, -0.1) is 0 Å². The molecule has 0 saturated carbocycles. The summed E-state index contributed by atoms with van der Waals surface area (Å²) in [4.78, 5) is 14.1. The van der Waals surface area contributed by atoms with Crippen molar-refractivity contribution in [2.24, 2.45) is 5.92 Å². The molecule has 2 N–H and O–H groups in total. The number of urea groups is 1. The van der Waals surface area contributed by atoms with Crippen molar-refractivity contribution in [2.45, 2.75) is 26.3 Å². The monoisotopic (exact) mass is 295 g/mol. The van der Waals surface area contributed by atoms with Crippen molar-refractivity contribution in [1.29, 1.82) is 0 Å². The molecule has 1 aromatic carbocycles. The molecule has 4 nitrogen and oxygen atoms in total. The fourth-order valence-corrected chi connectivity index (χ4v) is 2.70. The lowest BCUT2D eigenvalue weighted by Crippen LogP contribution is -2.54. The van der Waals surface area contributed by atoms with Crippen LogP contribution in [0.5, 0.6) is 0 Å². The van der Waals surface area contributed by atoms with E-state index in [-0.39, 0.29) is 6.03 Å². The number of hydrogen-bond acceptors (Lipinski definition) is 2. The van der Waals surface area contributed by atoms with E-state index in [1.807, 2.05) is 17.0 Å². The van der Waals surface area contributed by atoms with Crippen LogP contribution >= 0.6 is 11.6 Å². The molecule has 0 bridgehead atoms. The van der Waals surface area contributed by atoms with Gasteiger partial charge in [0.15, 0.2) is 0 Å². The number of anilines is 1. The average Bonchev–Trinajstić information content (AvgIpc) is 2.38. The summed E-state index contributed by atoms with van der Waals surface area (Å²) in [5.41, 5.74) is 0.737. The predicted octanol–water partition coefficient (Wildman–Crippen LogP) is 3.19. The molecule has 0 radical (unpaired) electrons. The van der Waals surface area contributed by atoms with Crippen LogP contribution in [0.1, 0.15) is 20.3 Å². The second-order valence-electron chi connectivity index (χ2n) is 5.67. The quantitative estimate of drug-likeness (QED) is 0.899. The molecule has 0 spiro atoms. The Bertz CT molecular complexity index is 464. The largest absolute Gasteiger partial charge is 0.322 e. The van der Waals surface area contributed by atoms with E-state index >= 15 is 0 Å². The van der Waals surface area contributed by atoms with Crippen molar-refractivity contribution in [3.05, 3.63) is 29.3 Å². The van der Waals surface area contributed by atoms with Crippen LogP contribution in [-0.2, 0) is 0 Å². The third-order valence-corrected chi connectivity index (χ3v) is 3.61. The van der Waals surface area contributed by atoms with Crippen LogP contribution in [-0.4, -0.2) is 36.6 Å². The van der Waals surface area contributed by atoms with Crippen LogP contribution in [0, 0.1) is 5.92 Å². The molecule has 0 aliphatic carbocycles. The number of carbonyl (C=O) groups excluding carboxylic acids is 1. The van der Waals surface area contributed by atoms with Crippen molar-refractivity contribution in [1.82, 2.24) is 10.2 Å². The Hall–Kier alpha value is -1.26. The van der Waals surface area contributed by atoms with E-state index in [1.165, 1.54) is 0 Å². The second kappa shape index (κ2) is 6.95. The van der Waals surface area contributed by atoms with E-state index in [2.05, 4.69) is 24.5 Å². The summed E-state index contributed by atoms with van der Waals surface area (Å²) in [6.07, 6.45) is 1.08. The van der Waals surface area contributed by atoms with E-state index in [9.17, 15) is 4.79 Å². The van der Waals surface area contributed by atoms with Crippen LogP contribution < -0.4 is 10.6 Å². The summed E-state index contributed by atoms with van der Waals surface area (Å²) < 4.78 is 0. The molecule has 110 valence electrons. The van der Waals surface area contributed by atoms with Gasteiger partial charge >= 0.3 is 6.03 Å². The highest BCUT2D eigenvalue weighted by Crippen LogP contribution is 2.16. The number of benzene rings is 1. The highest BCUT2D eigenvalue weighted by atomic mass is 35.5. The summed E-state index contributed by atoms with van der Waals surface area (Å²) in [6, 6.07) is 7.55. The van der Waals surface area contributed by atoms with Crippen molar-refractivity contribution in [2.75, 3.05) is 25.0 Å². The Morgan fingerprint density at radius 3 is 3.05 bits per heavy atom. The van der Waals surface area contributed by atoms with E-state index in [1.54, 1.807) is 12.1 Å².